The van der Waals surface area contributed by atoms with Crippen LogP contribution in [0.25, 0.3) is 0 Å². The number of hydrogen-bond acceptors (Lipinski definition) is 4. The summed E-state index contributed by atoms with van der Waals surface area (Å²) in [6.45, 7) is 1.74. The Balaban J connectivity index is 1.74. The van der Waals surface area contributed by atoms with E-state index in [4.69, 9.17) is 0 Å². The van der Waals surface area contributed by atoms with Crippen molar-refractivity contribution in [3.05, 3.63) is 95.6 Å². The van der Waals surface area contributed by atoms with E-state index in [9.17, 15) is 13.2 Å². The van der Waals surface area contributed by atoms with Crippen LogP contribution in [0, 0.1) is 6.92 Å². The lowest BCUT2D eigenvalue weighted by Gasteiger charge is -2.18. The number of carbonyl (C=O) groups is 1. The molecule has 0 fully saturated rings. The van der Waals surface area contributed by atoms with E-state index >= 15 is 0 Å². The highest BCUT2D eigenvalue weighted by Crippen LogP contribution is 2.35. The Kier molecular flexibility index (Phi) is 7.54. The Morgan fingerprint density at radius 3 is 2.00 bits per heavy atom. The summed E-state index contributed by atoms with van der Waals surface area (Å²) in [7, 11) is -0.607. The van der Waals surface area contributed by atoms with Crippen molar-refractivity contribution in [1.82, 2.24) is 4.31 Å². The molecule has 5 nitrogen and oxygen atoms in total. The Morgan fingerprint density at radius 1 is 0.935 bits per heavy atom. The second-order valence-corrected chi connectivity index (χ2v) is 10.5. The third-order valence-corrected chi connectivity index (χ3v) is 8.08. The van der Waals surface area contributed by atoms with Gasteiger partial charge in [-0.3, -0.25) is 4.79 Å². The minimum Gasteiger partial charge on any atom is -0.325 e. The summed E-state index contributed by atoms with van der Waals surface area (Å²) in [4.78, 5) is 12.9. The first-order valence-electron chi connectivity index (χ1n) is 9.83. The second-order valence-electron chi connectivity index (χ2n) is 7.33. The Labute approximate surface area is 188 Å². The van der Waals surface area contributed by atoms with Crippen molar-refractivity contribution in [2.24, 2.45) is 0 Å². The minimum absolute atomic E-state index is 0.0239. The molecule has 0 saturated carbocycles. The van der Waals surface area contributed by atoms with E-state index in [2.05, 4.69) is 29.6 Å². The van der Waals surface area contributed by atoms with E-state index in [-0.39, 0.29) is 21.8 Å². The van der Waals surface area contributed by atoms with Crippen LogP contribution in [0.1, 0.15) is 21.9 Å². The van der Waals surface area contributed by atoms with Crippen molar-refractivity contribution in [2.75, 3.05) is 25.2 Å². The van der Waals surface area contributed by atoms with Crippen LogP contribution >= 0.6 is 11.8 Å². The number of carbonyl (C=O) groups excluding carboxylic acids is 1. The monoisotopic (exact) mass is 454 g/mol. The van der Waals surface area contributed by atoms with Crippen molar-refractivity contribution in [1.29, 1.82) is 0 Å². The fourth-order valence-corrected chi connectivity index (χ4v) is 5.38. The highest BCUT2D eigenvalue weighted by molar-refractivity contribution is 8.00. The summed E-state index contributed by atoms with van der Waals surface area (Å²) in [5.41, 5.74) is 3.35. The summed E-state index contributed by atoms with van der Waals surface area (Å²) in [6, 6.07) is 25.1. The van der Waals surface area contributed by atoms with Gasteiger partial charge in [0.2, 0.25) is 15.9 Å². The maximum absolute atomic E-state index is 12.7. The van der Waals surface area contributed by atoms with Gasteiger partial charge in [0.15, 0.2) is 0 Å². The maximum Gasteiger partial charge on any atom is 0.242 e. The predicted molar refractivity (Wildman–Crippen MR) is 128 cm³/mol. The number of nitrogens with zero attached hydrogens (tertiary/aromatic N) is 1. The zero-order valence-corrected chi connectivity index (χ0v) is 19.4. The molecule has 3 aromatic carbocycles. The third kappa shape index (κ3) is 5.76. The summed E-state index contributed by atoms with van der Waals surface area (Å²) in [6.07, 6.45) is 0. The Morgan fingerprint density at radius 2 is 1.48 bits per heavy atom. The van der Waals surface area contributed by atoms with Crippen molar-refractivity contribution < 1.29 is 13.2 Å². The zero-order chi connectivity index (χ0) is 22.4. The van der Waals surface area contributed by atoms with Crippen molar-refractivity contribution in [3.63, 3.8) is 0 Å². The van der Waals surface area contributed by atoms with E-state index < -0.39 is 10.0 Å². The third-order valence-electron chi connectivity index (χ3n) is 4.82. The van der Waals surface area contributed by atoms with E-state index in [1.807, 2.05) is 36.4 Å². The van der Waals surface area contributed by atoms with Gasteiger partial charge in [-0.2, -0.15) is 0 Å². The van der Waals surface area contributed by atoms with Crippen LogP contribution in [0.5, 0.6) is 0 Å². The van der Waals surface area contributed by atoms with E-state index in [0.717, 1.165) is 11.1 Å². The quantitative estimate of drug-likeness (QED) is 0.535. The lowest BCUT2D eigenvalue weighted by atomic mass is 10.0. The zero-order valence-electron chi connectivity index (χ0n) is 17.8. The minimum atomic E-state index is -3.59. The molecular weight excluding hydrogens is 428 g/mol. The normalized spacial score (nSPS) is 11.6. The van der Waals surface area contributed by atoms with Crippen molar-refractivity contribution >= 4 is 33.4 Å². The molecule has 0 aliphatic carbocycles. The molecule has 1 N–H and O–H groups in total. The van der Waals surface area contributed by atoms with Gasteiger partial charge < -0.3 is 5.32 Å². The topological polar surface area (TPSA) is 66.5 Å². The summed E-state index contributed by atoms with van der Waals surface area (Å²) in [5.74, 6) is 0.0527. The number of nitrogens with one attached hydrogen (secondary N) is 1. The van der Waals surface area contributed by atoms with Gasteiger partial charge in [0.1, 0.15) is 0 Å². The first-order chi connectivity index (χ1) is 14.8. The average Bonchev–Trinajstić information content (AvgIpc) is 2.76. The number of thioether (sulfide) groups is 1. The highest BCUT2D eigenvalue weighted by atomic mass is 32.2. The smallest absolute Gasteiger partial charge is 0.242 e. The van der Waals surface area contributed by atoms with Gasteiger partial charge >= 0.3 is 0 Å². The highest BCUT2D eigenvalue weighted by Gasteiger charge is 2.21. The van der Waals surface area contributed by atoms with Crippen LogP contribution in [-0.4, -0.2) is 38.5 Å². The van der Waals surface area contributed by atoms with Gasteiger partial charge in [-0.25, -0.2) is 12.7 Å². The van der Waals surface area contributed by atoms with Gasteiger partial charge in [-0.05, 0) is 35.7 Å². The number of anilines is 1. The van der Waals surface area contributed by atoms with Crippen LogP contribution in [-0.2, 0) is 14.8 Å². The number of rotatable bonds is 8. The van der Waals surface area contributed by atoms with Crippen LogP contribution in [0.2, 0.25) is 0 Å². The molecule has 0 aliphatic heterocycles. The number of sulfonamides is 1. The van der Waals surface area contributed by atoms with Crippen LogP contribution in [0.15, 0.2) is 83.8 Å². The Hall–Kier alpha value is -2.61. The SMILES string of the molecule is Cc1ccc(NC(=O)CSC(c2ccccc2)c2ccccc2)cc1S(=O)(=O)N(C)C. The molecule has 0 spiro atoms. The molecule has 3 aromatic rings. The molecule has 0 atom stereocenters. The lowest BCUT2D eigenvalue weighted by Crippen LogP contribution is -2.23. The molecular formula is C24H26N2O3S2. The summed E-state index contributed by atoms with van der Waals surface area (Å²) >= 11 is 1.53. The molecule has 0 heterocycles. The second kappa shape index (κ2) is 10.1. The molecule has 1 amide bonds. The van der Waals surface area contributed by atoms with Gasteiger partial charge in [-0.15, -0.1) is 11.8 Å². The summed E-state index contributed by atoms with van der Waals surface area (Å²) in [5, 5.41) is 2.86. The Bertz CT molecular complexity index is 1090. The van der Waals surface area contributed by atoms with Crippen LogP contribution < -0.4 is 5.32 Å². The molecule has 7 heteroatoms. The van der Waals surface area contributed by atoms with Crippen molar-refractivity contribution in [2.45, 2.75) is 17.1 Å². The van der Waals surface area contributed by atoms with E-state index in [0.29, 0.717) is 11.3 Å². The molecule has 162 valence electrons. The van der Waals surface area contributed by atoms with E-state index in [1.165, 1.54) is 36.2 Å². The first-order valence-corrected chi connectivity index (χ1v) is 12.3. The fraction of sp³-hybridized carbons (Fsp3) is 0.208. The molecule has 0 radical (unpaired) electrons. The average molecular weight is 455 g/mol. The molecule has 3 rings (SSSR count). The van der Waals surface area contributed by atoms with Gasteiger partial charge in [0.05, 0.1) is 15.9 Å². The molecule has 0 unspecified atom stereocenters. The molecule has 0 aliphatic rings. The van der Waals surface area contributed by atoms with Crippen LogP contribution in [0.4, 0.5) is 5.69 Å². The largest absolute Gasteiger partial charge is 0.325 e. The summed E-state index contributed by atoms with van der Waals surface area (Å²) < 4.78 is 26.2. The van der Waals surface area contributed by atoms with Crippen molar-refractivity contribution in [3.8, 4) is 0 Å². The molecule has 0 saturated heterocycles. The van der Waals surface area contributed by atoms with Crippen LogP contribution in [0.3, 0.4) is 0 Å². The number of aryl methyl sites for hydroxylation is 1. The van der Waals surface area contributed by atoms with Gasteiger partial charge in [0, 0.05) is 19.8 Å². The number of amides is 1. The fourth-order valence-electron chi connectivity index (χ4n) is 3.15. The first kappa shape index (κ1) is 23.1. The predicted octanol–water partition coefficient (Wildman–Crippen LogP) is 4.71. The number of hydrogen-bond donors (Lipinski definition) is 1. The molecule has 0 aromatic heterocycles. The maximum atomic E-state index is 12.7. The standard InChI is InChI=1S/C24H26N2O3S2/c1-18-14-15-21(16-22(18)31(28,29)26(2)3)25-23(27)17-30-24(19-10-6-4-7-11-19)20-12-8-5-9-13-20/h4-16,24H,17H2,1-3H3,(H,25,27). The molecule has 0 bridgehead atoms. The molecule has 31 heavy (non-hydrogen) atoms. The number of benzene rings is 3. The van der Waals surface area contributed by atoms with E-state index in [1.54, 1.807) is 19.1 Å². The van der Waals surface area contributed by atoms with Gasteiger partial charge in [-0.1, -0.05) is 66.7 Å². The van der Waals surface area contributed by atoms with Gasteiger partial charge in [0.25, 0.3) is 0 Å². The lowest BCUT2D eigenvalue weighted by molar-refractivity contribution is -0.113.